The SMILES string of the molecule is COC(=O)c1ccc(OCc2nc(-c3cccs3)no2)c(Br)c1. The summed E-state index contributed by atoms with van der Waals surface area (Å²) in [5, 5.41) is 5.86. The number of halogens is 1. The van der Waals surface area contributed by atoms with Crippen LogP contribution in [0.5, 0.6) is 5.75 Å². The summed E-state index contributed by atoms with van der Waals surface area (Å²) in [6.07, 6.45) is 0. The van der Waals surface area contributed by atoms with Crippen LogP contribution in [0, 0.1) is 0 Å². The van der Waals surface area contributed by atoms with Gasteiger partial charge < -0.3 is 14.0 Å². The fourth-order valence-electron chi connectivity index (χ4n) is 1.82. The number of carbonyl (C=O) groups excluding carboxylic acids is 1. The van der Waals surface area contributed by atoms with E-state index in [0.29, 0.717) is 27.5 Å². The normalized spacial score (nSPS) is 10.5. The van der Waals surface area contributed by atoms with E-state index in [4.69, 9.17) is 9.26 Å². The molecule has 0 bridgehead atoms. The Morgan fingerprint density at radius 2 is 2.26 bits per heavy atom. The maximum atomic E-state index is 11.5. The molecule has 0 fully saturated rings. The van der Waals surface area contributed by atoms with Gasteiger partial charge >= 0.3 is 5.97 Å². The molecule has 3 aromatic rings. The Labute approximate surface area is 144 Å². The van der Waals surface area contributed by atoms with E-state index in [2.05, 4.69) is 30.8 Å². The van der Waals surface area contributed by atoms with Crippen molar-refractivity contribution in [2.45, 2.75) is 6.61 Å². The van der Waals surface area contributed by atoms with Gasteiger partial charge in [-0.25, -0.2) is 4.79 Å². The van der Waals surface area contributed by atoms with Crippen LogP contribution in [0.3, 0.4) is 0 Å². The van der Waals surface area contributed by atoms with Crippen LogP contribution < -0.4 is 4.74 Å². The first kappa shape index (κ1) is 15.7. The van der Waals surface area contributed by atoms with Gasteiger partial charge in [-0.2, -0.15) is 4.98 Å². The lowest BCUT2D eigenvalue weighted by Gasteiger charge is -2.07. The van der Waals surface area contributed by atoms with E-state index in [1.807, 2.05) is 17.5 Å². The van der Waals surface area contributed by atoms with Crippen molar-refractivity contribution in [1.82, 2.24) is 10.1 Å². The summed E-state index contributed by atoms with van der Waals surface area (Å²) in [5.41, 5.74) is 0.435. The monoisotopic (exact) mass is 394 g/mol. The summed E-state index contributed by atoms with van der Waals surface area (Å²) in [5.74, 6) is 1.07. The summed E-state index contributed by atoms with van der Waals surface area (Å²) in [6, 6.07) is 8.77. The quantitative estimate of drug-likeness (QED) is 0.610. The second kappa shape index (κ2) is 6.93. The maximum Gasteiger partial charge on any atom is 0.337 e. The molecule has 8 heteroatoms. The van der Waals surface area contributed by atoms with Gasteiger partial charge in [0.2, 0.25) is 5.82 Å². The van der Waals surface area contributed by atoms with Gasteiger partial charge in [-0.3, -0.25) is 0 Å². The Bertz CT molecular complexity index is 817. The van der Waals surface area contributed by atoms with Crippen molar-refractivity contribution in [1.29, 1.82) is 0 Å². The van der Waals surface area contributed by atoms with Gasteiger partial charge in [-0.05, 0) is 45.6 Å². The fourth-order valence-corrected chi connectivity index (χ4v) is 2.96. The zero-order valence-electron chi connectivity index (χ0n) is 12.0. The molecule has 23 heavy (non-hydrogen) atoms. The molecule has 0 saturated heterocycles. The number of rotatable bonds is 5. The average Bonchev–Trinajstić information content (AvgIpc) is 3.24. The first-order chi connectivity index (χ1) is 11.2. The van der Waals surface area contributed by atoms with E-state index in [9.17, 15) is 4.79 Å². The summed E-state index contributed by atoms with van der Waals surface area (Å²) in [6.45, 7) is 0.133. The van der Waals surface area contributed by atoms with Gasteiger partial charge in [0.25, 0.3) is 5.89 Å². The van der Waals surface area contributed by atoms with Crippen LogP contribution in [-0.4, -0.2) is 23.2 Å². The van der Waals surface area contributed by atoms with Crippen molar-refractivity contribution in [2.24, 2.45) is 0 Å². The number of esters is 1. The Balaban J connectivity index is 1.68. The summed E-state index contributed by atoms with van der Waals surface area (Å²) < 4.78 is 16.1. The van der Waals surface area contributed by atoms with E-state index < -0.39 is 5.97 Å². The Morgan fingerprint density at radius 1 is 1.39 bits per heavy atom. The number of aromatic nitrogens is 2. The van der Waals surface area contributed by atoms with E-state index >= 15 is 0 Å². The highest BCUT2D eigenvalue weighted by Crippen LogP contribution is 2.27. The van der Waals surface area contributed by atoms with Crippen molar-refractivity contribution in [3.05, 3.63) is 51.6 Å². The minimum Gasteiger partial charge on any atom is -0.483 e. The number of methoxy groups -OCH3 is 1. The molecule has 0 N–H and O–H groups in total. The van der Waals surface area contributed by atoms with Crippen LogP contribution in [0.15, 0.2) is 44.7 Å². The summed E-state index contributed by atoms with van der Waals surface area (Å²) in [7, 11) is 1.33. The third-order valence-electron chi connectivity index (χ3n) is 2.91. The molecule has 2 heterocycles. The number of benzene rings is 1. The number of hydrogen-bond donors (Lipinski definition) is 0. The number of carbonyl (C=O) groups is 1. The zero-order valence-corrected chi connectivity index (χ0v) is 14.4. The van der Waals surface area contributed by atoms with Crippen LogP contribution >= 0.6 is 27.3 Å². The standard InChI is InChI=1S/C15H11BrN2O4S/c1-20-15(19)9-4-5-11(10(16)7-9)21-8-13-17-14(18-22-13)12-3-2-6-23-12/h2-7H,8H2,1H3. The largest absolute Gasteiger partial charge is 0.483 e. The van der Waals surface area contributed by atoms with Crippen LogP contribution in [0.4, 0.5) is 0 Å². The first-order valence-electron chi connectivity index (χ1n) is 6.54. The lowest BCUT2D eigenvalue weighted by atomic mass is 10.2. The highest BCUT2D eigenvalue weighted by atomic mass is 79.9. The van der Waals surface area contributed by atoms with Crippen molar-refractivity contribution in [3.8, 4) is 16.5 Å². The van der Waals surface area contributed by atoms with E-state index in [-0.39, 0.29) is 6.61 Å². The van der Waals surface area contributed by atoms with Gasteiger partial charge in [0.1, 0.15) is 5.75 Å². The van der Waals surface area contributed by atoms with Gasteiger partial charge in [0, 0.05) is 0 Å². The number of thiophene rings is 1. The molecule has 2 aromatic heterocycles. The molecule has 0 amide bonds. The third kappa shape index (κ3) is 3.59. The van der Waals surface area contributed by atoms with E-state index in [1.165, 1.54) is 18.4 Å². The molecule has 3 rings (SSSR count). The smallest absolute Gasteiger partial charge is 0.337 e. The predicted molar refractivity (Wildman–Crippen MR) is 87.4 cm³/mol. The van der Waals surface area contributed by atoms with Crippen LogP contribution in [0.25, 0.3) is 10.7 Å². The first-order valence-corrected chi connectivity index (χ1v) is 8.22. The van der Waals surface area contributed by atoms with Crippen LogP contribution in [0.1, 0.15) is 16.2 Å². The lowest BCUT2D eigenvalue weighted by molar-refractivity contribution is 0.0600. The second-order valence-electron chi connectivity index (χ2n) is 4.41. The topological polar surface area (TPSA) is 74.5 Å². The van der Waals surface area contributed by atoms with E-state index in [1.54, 1.807) is 18.2 Å². The van der Waals surface area contributed by atoms with Crippen LogP contribution in [0.2, 0.25) is 0 Å². The molecule has 0 aliphatic rings. The Morgan fingerprint density at radius 3 is 2.96 bits per heavy atom. The average molecular weight is 395 g/mol. The zero-order chi connectivity index (χ0) is 16.2. The number of ether oxygens (including phenoxy) is 2. The predicted octanol–water partition coefficient (Wildman–Crippen LogP) is 3.93. The van der Waals surface area contributed by atoms with Gasteiger partial charge in [0.05, 0.1) is 22.0 Å². The minimum absolute atomic E-state index is 0.133. The van der Waals surface area contributed by atoms with Crippen LogP contribution in [-0.2, 0) is 11.3 Å². The molecule has 0 saturated carbocycles. The number of hydrogen-bond acceptors (Lipinski definition) is 7. The highest BCUT2D eigenvalue weighted by molar-refractivity contribution is 9.10. The minimum atomic E-state index is -0.408. The van der Waals surface area contributed by atoms with Gasteiger partial charge in [-0.15, -0.1) is 11.3 Å². The molecule has 0 aliphatic heterocycles. The molecule has 1 aromatic carbocycles. The van der Waals surface area contributed by atoms with Crippen molar-refractivity contribution < 1.29 is 18.8 Å². The molecular formula is C15H11BrN2O4S. The van der Waals surface area contributed by atoms with Gasteiger partial charge in [0.15, 0.2) is 6.61 Å². The molecule has 0 aliphatic carbocycles. The fraction of sp³-hybridized carbons (Fsp3) is 0.133. The van der Waals surface area contributed by atoms with Crippen molar-refractivity contribution >= 4 is 33.2 Å². The molecule has 0 spiro atoms. The Kier molecular flexibility index (Phi) is 4.73. The second-order valence-corrected chi connectivity index (χ2v) is 6.22. The summed E-state index contributed by atoms with van der Waals surface area (Å²) in [4.78, 5) is 16.7. The molecule has 0 radical (unpaired) electrons. The lowest BCUT2D eigenvalue weighted by Crippen LogP contribution is -2.02. The van der Waals surface area contributed by atoms with Crippen molar-refractivity contribution in [3.63, 3.8) is 0 Å². The summed E-state index contributed by atoms with van der Waals surface area (Å²) >= 11 is 4.89. The highest BCUT2D eigenvalue weighted by Gasteiger charge is 2.12. The Hall–Kier alpha value is -2.19. The van der Waals surface area contributed by atoms with Crippen molar-refractivity contribution in [2.75, 3.05) is 7.11 Å². The molecule has 0 atom stereocenters. The molecule has 6 nitrogen and oxygen atoms in total. The maximum absolute atomic E-state index is 11.5. The molecule has 0 unspecified atom stereocenters. The van der Waals surface area contributed by atoms with Gasteiger partial charge in [-0.1, -0.05) is 11.2 Å². The van der Waals surface area contributed by atoms with E-state index in [0.717, 1.165) is 4.88 Å². The third-order valence-corrected chi connectivity index (χ3v) is 4.40. The molecule has 118 valence electrons. The number of nitrogens with zero attached hydrogens (tertiary/aromatic N) is 2. The molecular weight excluding hydrogens is 384 g/mol.